The molecule has 6 heteroatoms. The fourth-order valence-electron chi connectivity index (χ4n) is 2.94. The first-order valence-corrected chi connectivity index (χ1v) is 9.15. The fraction of sp³-hybridized carbons (Fsp3) is 0.174. The first kappa shape index (κ1) is 20.6. The maximum Gasteiger partial charge on any atom is 0.416 e. The first-order valence-electron chi connectivity index (χ1n) is 9.15. The van der Waals surface area contributed by atoms with Gasteiger partial charge in [-0.2, -0.15) is 13.2 Å². The van der Waals surface area contributed by atoms with E-state index in [1.54, 1.807) is 18.2 Å². The Morgan fingerprint density at radius 2 is 1.62 bits per heavy atom. The molecule has 0 saturated carbocycles. The number of alkyl halides is 3. The minimum atomic E-state index is -4.41. The summed E-state index contributed by atoms with van der Waals surface area (Å²) in [5, 5.41) is 5.94. The Kier molecular flexibility index (Phi) is 6.34. The molecule has 29 heavy (non-hydrogen) atoms. The summed E-state index contributed by atoms with van der Waals surface area (Å²) < 4.78 is 38.8. The van der Waals surface area contributed by atoms with Crippen molar-refractivity contribution in [3.63, 3.8) is 0 Å². The lowest BCUT2D eigenvalue weighted by atomic mass is 10.0. The van der Waals surface area contributed by atoms with Crippen molar-refractivity contribution >= 4 is 11.6 Å². The monoisotopic (exact) mass is 398 g/mol. The van der Waals surface area contributed by atoms with Gasteiger partial charge in [0.25, 0.3) is 0 Å². The van der Waals surface area contributed by atoms with Gasteiger partial charge in [-0.15, -0.1) is 0 Å². The van der Waals surface area contributed by atoms with E-state index in [0.29, 0.717) is 11.3 Å². The Morgan fingerprint density at radius 3 is 2.28 bits per heavy atom. The smallest absolute Gasteiger partial charge is 0.324 e. The van der Waals surface area contributed by atoms with Gasteiger partial charge in [0.15, 0.2) is 0 Å². The van der Waals surface area contributed by atoms with Crippen LogP contribution < -0.4 is 10.6 Å². The van der Waals surface area contributed by atoms with E-state index in [2.05, 4.69) is 10.6 Å². The van der Waals surface area contributed by atoms with Gasteiger partial charge in [0.05, 0.1) is 5.56 Å². The number of carbonyl (C=O) groups excluding carboxylic acids is 1. The van der Waals surface area contributed by atoms with E-state index < -0.39 is 17.8 Å². The molecular formula is C23H21F3N2O. The molecule has 0 aromatic heterocycles. The molecule has 0 heterocycles. The highest BCUT2D eigenvalue weighted by Crippen LogP contribution is 2.29. The number of amides is 1. The van der Waals surface area contributed by atoms with Crippen LogP contribution in [0.15, 0.2) is 78.9 Å². The Balaban J connectivity index is 1.78. The second-order valence-corrected chi connectivity index (χ2v) is 6.78. The molecule has 150 valence electrons. The van der Waals surface area contributed by atoms with E-state index in [4.69, 9.17) is 0 Å². The van der Waals surface area contributed by atoms with Crippen molar-refractivity contribution in [2.75, 3.05) is 5.32 Å². The average molecular weight is 398 g/mol. The van der Waals surface area contributed by atoms with Gasteiger partial charge in [0.1, 0.15) is 6.04 Å². The third-order valence-corrected chi connectivity index (χ3v) is 4.48. The third kappa shape index (κ3) is 5.68. The van der Waals surface area contributed by atoms with Crippen LogP contribution in [0.2, 0.25) is 0 Å². The molecule has 0 aliphatic rings. The predicted octanol–water partition coefficient (Wildman–Crippen LogP) is 5.48. The number of hydrogen-bond donors (Lipinski definition) is 2. The van der Waals surface area contributed by atoms with Crippen LogP contribution >= 0.6 is 0 Å². The van der Waals surface area contributed by atoms with Crippen LogP contribution in [0.25, 0.3) is 0 Å². The van der Waals surface area contributed by atoms with Crippen LogP contribution in [-0.2, 0) is 17.5 Å². The van der Waals surface area contributed by atoms with Gasteiger partial charge >= 0.3 is 6.18 Å². The topological polar surface area (TPSA) is 41.1 Å². The van der Waals surface area contributed by atoms with Crippen LogP contribution in [0.1, 0.15) is 28.3 Å². The molecule has 3 aromatic rings. The van der Waals surface area contributed by atoms with Crippen LogP contribution in [-0.4, -0.2) is 5.91 Å². The van der Waals surface area contributed by atoms with Crippen molar-refractivity contribution in [2.45, 2.75) is 25.7 Å². The Bertz CT molecular complexity index is 954. The molecule has 0 bridgehead atoms. The maximum absolute atomic E-state index is 12.9. The van der Waals surface area contributed by atoms with E-state index in [1.165, 1.54) is 6.07 Å². The predicted molar refractivity (Wildman–Crippen MR) is 107 cm³/mol. The van der Waals surface area contributed by atoms with Crippen molar-refractivity contribution in [1.82, 2.24) is 5.32 Å². The van der Waals surface area contributed by atoms with Gasteiger partial charge in [-0.3, -0.25) is 10.1 Å². The van der Waals surface area contributed by atoms with Gasteiger partial charge in [-0.1, -0.05) is 66.2 Å². The summed E-state index contributed by atoms with van der Waals surface area (Å²) in [6, 6.07) is 20.8. The molecule has 0 spiro atoms. The van der Waals surface area contributed by atoms with Gasteiger partial charge in [0, 0.05) is 12.2 Å². The van der Waals surface area contributed by atoms with Crippen LogP contribution in [0.3, 0.4) is 0 Å². The van der Waals surface area contributed by atoms with E-state index in [1.807, 2.05) is 49.4 Å². The lowest BCUT2D eigenvalue weighted by Gasteiger charge is -2.19. The number of carbonyl (C=O) groups is 1. The van der Waals surface area contributed by atoms with Crippen LogP contribution in [0, 0.1) is 6.92 Å². The molecule has 0 fully saturated rings. The van der Waals surface area contributed by atoms with Crippen LogP contribution in [0.4, 0.5) is 18.9 Å². The van der Waals surface area contributed by atoms with Crippen molar-refractivity contribution in [3.8, 4) is 0 Å². The highest BCUT2D eigenvalue weighted by atomic mass is 19.4. The lowest BCUT2D eigenvalue weighted by molar-refractivity contribution is -0.137. The Labute approximate surface area is 167 Å². The molecule has 1 unspecified atom stereocenters. The van der Waals surface area contributed by atoms with E-state index in [9.17, 15) is 18.0 Å². The largest absolute Gasteiger partial charge is 0.416 e. The van der Waals surface area contributed by atoms with Crippen molar-refractivity contribution in [1.29, 1.82) is 0 Å². The summed E-state index contributed by atoms with van der Waals surface area (Å²) in [7, 11) is 0. The summed E-state index contributed by atoms with van der Waals surface area (Å²) in [6.07, 6.45) is -4.41. The molecule has 0 saturated heterocycles. The van der Waals surface area contributed by atoms with Gasteiger partial charge in [-0.05, 0) is 36.2 Å². The van der Waals surface area contributed by atoms with Gasteiger partial charge < -0.3 is 5.32 Å². The normalized spacial score (nSPS) is 12.4. The Hall–Kier alpha value is -3.12. The zero-order chi connectivity index (χ0) is 20.9. The van der Waals surface area contributed by atoms with E-state index in [0.717, 1.165) is 23.3 Å². The zero-order valence-electron chi connectivity index (χ0n) is 15.8. The zero-order valence-corrected chi connectivity index (χ0v) is 15.8. The third-order valence-electron chi connectivity index (χ3n) is 4.48. The maximum atomic E-state index is 12.9. The minimum absolute atomic E-state index is 0.116. The first-order chi connectivity index (χ1) is 13.8. The number of anilines is 1. The molecule has 1 amide bonds. The number of halogens is 3. The standard InChI is InChI=1S/C23H21F3N2O/c1-16-10-12-20(13-11-16)28-22(29)21(18-7-3-2-4-8-18)27-15-17-6-5-9-19(14-17)23(24,25)26/h2-14,21,27H,15H2,1H3,(H,28,29). The molecule has 0 aliphatic carbocycles. The lowest BCUT2D eigenvalue weighted by Crippen LogP contribution is -2.32. The molecule has 3 rings (SSSR count). The summed E-state index contributed by atoms with van der Waals surface area (Å²) in [6.45, 7) is 2.07. The highest BCUT2D eigenvalue weighted by Gasteiger charge is 2.30. The summed E-state index contributed by atoms with van der Waals surface area (Å²) >= 11 is 0. The van der Waals surface area contributed by atoms with Crippen molar-refractivity contribution in [2.24, 2.45) is 0 Å². The Morgan fingerprint density at radius 1 is 0.931 bits per heavy atom. The number of hydrogen-bond acceptors (Lipinski definition) is 2. The second kappa shape index (κ2) is 8.92. The van der Waals surface area contributed by atoms with Crippen LogP contribution in [0.5, 0.6) is 0 Å². The molecule has 1 atom stereocenters. The number of aryl methyl sites for hydroxylation is 1. The molecular weight excluding hydrogens is 377 g/mol. The average Bonchev–Trinajstić information content (AvgIpc) is 2.70. The molecule has 3 nitrogen and oxygen atoms in total. The number of rotatable bonds is 6. The van der Waals surface area contributed by atoms with Crippen molar-refractivity contribution in [3.05, 3.63) is 101 Å². The fourth-order valence-corrected chi connectivity index (χ4v) is 2.94. The van der Waals surface area contributed by atoms with Crippen molar-refractivity contribution < 1.29 is 18.0 Å². The quantitative estimate of drug-likeness (QED) is 0.577. The molecule has 2 N–H and O–H groups in total. The summed E-state index contributed by atoms with van der Waals surface area (Å²) in [4.78, 5) is 12.9. The van der Waals surface area contributed by atoms with Gasteiger partial charge in [-0.25, -0.2) is 0 Å². The molecule has 0 aliphatic heterocycles. The SMILES string of the molecule is Cc1ccc(NC(=O)C(NCc2cccc(C(F)(F)F)c2)c2ccccc2)cc1. The summed E-state index contributed by atoms with van der Waals surface area (Å²) in [5.41, 5.74) is 2.19. The minimum Gasteiger partial charge on any atom is -0.324 e. The van der Waals surface area contributed by atoms with E-state index in [-0.39, 0.29) is 12.5 Å². The molecule has 0 radical (unpaired) electrons. The van der Waals surface area contributed by atoms with Gasteiger partial charge in [0.2, 0.25) is 5.91 Å². The summed E-state index contributed by atoms with van der Waals surface area (Å²) in [5.74, 6) is -0.285. The number of benzene rings is 3. The molecule has 3 aromatic carbocycles. The number of nitrogens with one attached hydrogen (secondary N) is 2. The van der Waals surface area contributed by atoms with E-state index >= 15 is 0 Å². The second-order valence-electron chi connectivity index (χ2n) is 6.78. The highest BCUT2D eigenvalue weighted by molar-refractivity contribution is 5.95.